The molecule has 0 radical (unpaired) electrons. The zero-order chi connectivity index (χ0) is 31.5. The van der Waals surface area contributed by atoms with Crippen LogP contribution >= 0.6 is 0 Å². The highest BCUT2D eigenvalue weighted by Crippen LogP contribution is 2.38. The fourth-order valence-corrected chi connectivity index (χ4v) is 5.32. The van der Waals surface area contributed by atoms with E-state index in [2.05, 4.69) is 15.7 Å². The number of hydrogen-bond acceptors (Lipinski definition) is 7. The number of β-amino-alcohol motifs (C(OH)–C–C–N with tert-alkyl or cyclic N) is 1. The maximum Gasteiger partial charge on any atom is 0.416 e. The third-order valence-electron chi connectivity index (χ3n) is 7.78. The molecule has 0 aromatic heterocycles. The van der Waals surface area contributed by atoms with Gasteiger partial charge in [-0.3, -0.25) is 14.8 Å². The summed E-state index contributed by atoms with van der Waals surface area (Å²) in [6.07, 6.45) is -3.24. The van der Waals surface area contributed by atoms with E-state index < -0.39 is 47.1 Å². The van der Waals surface area contributed by atoms with Crippen LogP contribution in [-0.2, 0) is 21.3 Å². The first-order valence-electron chi connectivity index (χ1n) is 13.9. The van der Waals surface area contributed by atoms with E-state index in [1.807, 2.05) is 0 Å². The maximum absolute atomic E-state index is 14.9. The average molecular weight is 619 g/mol. The summed E-state index contributed by atoms with van der Waals surface area (Å²) in [4.78, 5) is 16.7. The van der Waals surface area contributed by atoms with Crippen molar-refractivity contribution >= 4 is 17.9 Å². The molecule has 234 valence electrons. The number of benzene rings is 3. The van der Waals surface area contributed by atoms with Crippen molar-refractivity contribution in [1.82, 2.24) is 10.4 Å². The quantitative estimate of drug-likeness (QED) is 0.270. The molecule has 2 aliphatic heterocycles. The lowest BCUT2D eigenvalue weighted by Crippen LogP contribution is -2.49. The molecule has 5 rings (SSSR count). The molecule has 2 unspecified atom stereocenters. The van der Waals surface area contributed by atoms with E-state index in [4.69, 9.17) is 9.47 Å². The van der Waals surface area contributed by atoms with E-state index in [-0.39, 0.29) is 36.9 Å². The monoisotopic (exact) mass is 618 g/mol. The summed E-state index contributed by atoms with van der Waals surface area (Å²) in [5, 5.41) is 15.9. The lowest BCUT2D eigenvalue weighted by atomic mass is 9.77. The molecule has 1 fully saturated rings. The number of halogens is 5. The first kappa shape index (κ1) is 31.5. The van der Waals surface area contributed by atoms with Crippen LogP contribution in [0.2, 0.25) is 0 Å². The van der Waals surface area contributed by atoms with Gasteiger partial charge in [0.05, 0.1) is 25.3 Å². The van der Waals surface area contributed by atoms with E-state index in [0.29, 0.717) is 24.2 Å². The summed E-state index contributed by atoms with van der Waals surface area (Å²) in [5.41, 5.74) is 1.63. The van der Waals surface area contributed by atoms with Gasteiger partial charge in [-0.15, -0.1) is 0 Å². The lowest BCUT2D eigenvalue weighted by molar-refractivity contribution is -0.210. The molecule has 44 heavy (non-hydrogen) atoms. The van der Waals surface area contributed by atoms with Crippen molar-refractivity contribution in [3.63, 3.8) is 0 Å². The van der Waals surface area contributed by atoms with E-state index >= 15 is 0 Å². The minimum atomic E-state index is -4.46. The highest BCUT2D eigenvalue weighted by atomic mass is 19.4. The van der Waals surface area contributed by atoms with Crippen molar-refractivity contribution in [3.8, 4) is 0 Å². The second-order valence-electron chi connectivity index (χ2n) is 10.9. The summed E-state index contributed by atoms with van der Waals surface area (Å²) < 4.78 is 78.7. The van der Waals surface area contributed by atoms with Gasteiger partial charge in [0.25, 0.3) is 5.91 Å². The molecule has 8 nitrogen and oxygen atoms in total. The molecule has 2 heterocycles. The Kier molecular flexibility index (Phi) is 9.30. The summed E-state index contributed by atoms with van der Waals surface area (Å²) in [7, 11) is 0. The predicted molar refractivity (Wildman–Crippen MR) is 151 cm³/mol. The molecule has 1 saturated heterocycles. The number of nitrogens with one attached hydrogen (secondary N) is 2. The zero-order valence-electron chi connectivity index (χ0n) is 23.7. The van der Waals surface area contributed by atoms with Crippen LogP contribution < -0.4 is 10.7 Å². The molecular weight excluding hydrogens is 587 g/mol. The Bertz CT molecular complexity index is 1480. The lowest BCUT2D eigenvalue weighted by Gasteiger charge is -2.40. The number of carbonyl (C=O) groups is 1. The molecule has 3 N–H and O–H groups in total. The predicted octanol–water partition coefficient (Wildman–Crippen LogP) is 5.62. The number of carbonyl (C=O) groups excluding carboxylic acids is 1. The second kappa shape index (κ2) is 13.0. The number of amides is 1. The number of ether oxygens (including phenoxy) is 2. The van der Waals surface area contributed by atoms with Crippen LogP contribution in [0.3, 0.4) is 0 Å². The van der Waals surface area contributed by atoms with Gasteiger partial charge in [-0.05, 0) is 54.8 Å². The van der Waals surface area contributed by atoms with Gasteiger partial charge in [0.15, 0.2) is 6.29 Å². The molecule has 3 aromatic carbocycles. The van der Waals surface area contributed by atoms with Crippen molar-refractivity contribution in [2.45, 2.75) is 31.4 Å². The van der Waals surface area contributed by atoms with Crippen molar-refractivity contribution in [2.75, 3.05) is 31.7 Å². The third-order valence-corrected chi connectivity index (χ3v) is 7.78. The molecule has 0 aliphatic carbocycles. The molecule has 0 bridgehead atoms. The van der Waals surface area contributed by atoms with E-state index in [0.717, 1.165) is 24.3 Å². The standard InChI is InChI=1S/C31H31F5N4O4/c1-19(30(42,16-40-18-37-17-38-40)26-11-8-24(32)13-27(26)33)12-20-14-43-29(44-15-20)22-4-2-21(3-5-22)28(41)39-25-9-6-23(7-10-25)31(34,35)36/h2-11,13,18-20,29,38,42H,12,14-17H2,1H3,(H,39,41). The second-order valence-corrected chi connectivity index (χ2v) is 10.9. The van der Waals surface area contributed by atoms with Gasteiger partial charge in [-0.1, -0.05) is 25.1 Å². The van der Waals surface area contributed by atoms with E-state index in [1.165, 1.54) is 24.5 Å². The fourth-order valence-electron chi connectivity index (χ4n) is 5.32. The van der Waals surface area contributed by atoms with Gasteiger partial charge in [0.2, 0.25) is 0 Å². The number of hydrazine groups is 1. The number of anilines is 1. The summed E-state index contributed by atoms with van der Waals surface area (Å²) in [5.74, 6) is -2.70. The Balaban J connectivity index is 1.17. The largest absolute Gasteiger partial charge is 0.416 e. The first-order valence-corrected chi connectivity index (χ1v) is 13.9. The van der Waals surface area contributed by atoms with Crippen molar-refractivity contribution in [2.24, 2.45) is 16.8 Å². The summed E-state index contributed by atoms with van der Waals surface area (Å²) >= 11 is 0. The van der Waals surface area contributed by atoms with Crippen LogP contribution in [0.15, 0.2) is 71.7 Å². The van der Waals surface area contributed by atoms with Gasteiger partial charge in [0, 0.05) is 34.4 Å². The molecule has 3 aromatic rings. The van der Waals surface area contributed by atoms with Crippen LogP contribution in [0.5, 0.6) is 0 Å². The SMILES string of the molecule is CC(CC1COC(c2ccc(C(=O)Nc3ccc(C(F)(F)F)cc3)cc2)OC1)C(O)(CN1C=NCN1)c1ccc(F)cc1F. The van der Waals surface area contributed by atoms with Crippen molar-refractivity contribution in [1.29, 1.82) is 0 Å². The Morgan fingerprint density at radius 3 is 2.34 bits per heavy atom. The topological polar surface area (TPSA) is 95.4 Å². The van der Waals surface area contributed by atoms with Crippen LogP contribution in [0.4, 0.5) is 27.6 Å². The van der Waals surface area contributed by atoms with Crippen LogP contribution in [0, 0.1) is 23.5 Å². The number of hydrogen-bond donors (Lipinski definition) is 3. The fraction of sp³-hybridized carbons (Fsp3) is 0.355. The van der Waals surface area contributed by atoms with E-state index in [1.54, 1.807) is 36.2 Å². The summed E-state index contributed by atoms with van der Waals surface area (Å²) in [6, 6.07) is 13.7. The highest BCUT2D eigenvalue weighted by Gasteiger charge is 2.41. The Hall–Kier alpha value is -3.91. The minimum absolute atomic E-state index is 0.0178. The van der Waals surface area contributed by atoms with Crippen molar-refractivity contribution < 1.29 is 41.3 Å². The molecule has 1 amide bonds. The van der Waals surface area contributed by atoms with Gasteiger partial charge in [-0.2, -0.15) is 13.2 Å². The van der Waals surface area contributed by atoms with Gasteiger partial charge in [0.1, 0.15) is 30.2 Å². The molecule has 13 heteroatoms. The number of nitrogens with zero attached hydrogens (tertiary/aromatic N) is 2. The third kappa shape index (κ3) is 7.24. The molecule has 0 saturated carbocycles. The van der Waals surface area contributed by atoms with Crippen LogP contribution in [0.25, 0.3) is 0 Å². The van der Waals surface area contributed by atoms with Gasteiger partial charge in [-0.25, -0.2) is 14.2 Å². The number of rotatable bonds is 9. The molecular formula is C31H31F5N4O4. The normalized spacial score (nSPS) is 20.8. The molecule has 2 atom stereocenters. The van der Waals surface area contributed by atoms with Gasteiger partial charge < -0.3 is 19.9 Å². The highest BCUT2D eigenvalue weighted by molar-refractivity contribution is 6.04. The first-order chi connectivity index (χ1) is 20.9. The minimum Gasteiger partial charge on any atom is -0.383 e. The number of aliphatic hydroxyl groups is 1. The Labute approximate surface area is 250 Å². The maximum atomic E-state index is 14.9. The zero-order valence-corrected chi connectivity index (χ0v) is 23.7. The molecule has 2 aliphatic rings. The van der Waals surface area contributed by atoms with Crippen LogP contribution in [0.1, 0.15) is 46.7 Å². The Morgan fingerprint density at radius 2 is 1.75 bits per heavy atom. The number of alkyl halides is 3. The molecule has 0 spiro atoms. The van der Waals surface area contributed by atoms with Crippen molar-refractivity contribution in [3.05, 3.63) is 101 Å². The van der Waals surface area contributed by atoms with Crippen LogP contribution in [-0.4, -0.2) is 48.8 Å². The average Bonchev–Trinajstić information content (AvgIpc) is 3.50. The van der Waals surface area contributed by atoms with Gasteiger partial charge >= 0.3 is 6.18 Å². The number of aliphatic imine (C=N–C) groups is 1. The Morgan fingerprint density at radius 1 is 1.07 bits per heavy atom. The summed E-state index contributed by atoms with van der Waals surface area (Å²) in [6.45, 7) is 2.67. The smallest absolute Gasteiger partial charge is 0.383 e. The van der Waals surface area contributed by atoms with E-state index in [9.17, 15) is 31.9 Å².